The van der Waals surface area contributed by atoms with Gasteiger partial charge in [-0.05, 0) is 18.1 Å². The number of carbonyl (C=O) groups is 2. The van der Waals surface area contributed by atoms with Gasteiger partial charge in [-0.3, -0.25) is 9.59 Å². The van der Waals surface area contributed by atoms with E-state index in [4.69, 9.17) is 0 Å². The lowest BCUT2D eigenvalue weighted by Crippen LogP contribution is -2.10. The third-order valence-electron chi connectivity index (χ3n) is 4.25. The molecule has 3 rings (SSSR count). The van der Waals surface area contributed by atoms with E-state index in [0.29, 0.717) is 16.7 Å². The molecule has 3 aromatic rings. The number of rotatable bonds is 6. The van der Waals surface area contributed by atoms with E-state index in [2.05, 4.69) is 6.58 Å². The van der Waals surface area contributed by atoms with E-state index in [1.165, 1.54) is 6.07 Å². The quantitative estimate of drug-likeness (QED) is 0.509. The molecule has 0 radical (unpaired) electrons. The molecule has 0 spiro atoms. The SMILES string of the molecule is C=CCc1cc(O)c(C(=O)c2ccccc2)c(O)c1C(=O)c1ccccc1. The Morgan fingerprint density at radius 1 is 0.815 bits per heavy atom. The van der Waals surface area contributed by atoms with Crippen molar-refractivity contribution in [3.8, 4) is 11.5 Å². The van der Waals surface area contributed by atoms with Crippen molar-refractivity contribution in [2.24, 2.45) is 0 Å². The van der Waals surface area contributed by atoms with E-state index >= 15 is 0 Å². The Kier molecular flexibility index (Phi) is 5.18. The minimum Gasteiger partial charge on any atom is -0.507 e. The van der Waals surface area contributed by atoms with Crippen molar-refractivity contribution in [1.29, 1.82) is 0 Å². The zero-order valence-corrected chi connectivity index (χ0v) is 14.6. The molecule has 0 saturated heterocycles. The van der Waals surface area contributed by atoms with Crippen LogP contribution in [0.25, 0.3) is 0 Å². The highest BCUT2D eigenvalue weighted by Crippen LogP contribution is 2.37. The first kappa shape index (κ1) is 18.1. The van der Waals surface area contributed by atoms with Gasteiger partial charge in [0.15, 0.2) is 5.78 Å². The van der Waals surface area contributed by atoms with Gasteiger partial charge in [-0.25, -0.2) is 0 Å². The summed E-state index contributed by atoms with van der Waals surface area (Å²) in [6.07, 6.45) is 1.82. The van der Waals surface area contributed by atoms with Gasteiger partial charge < -0.3 is 10.2 Å². The van der Waals surface area contributed by atoms with Crippen LogP contribution >= 0.6 is 0 Å². The summed E-state index contributed by atoms with van der Waals surface area (Å²) in [7, 11) is 0. The number of allylic oxidation sites excluding steroid dienone is 1. The van der Waals surface area contributed by atoms with Crippen LogP contribution in [0.3, 0.4) is 0 Å². The van der Waals surface area contributed by atoms with Gasteiger partial charge in [-0.1, -0.05) is 66.7 Å². The third-order valence-corrected chi connectivity index (χ3v) is 4.25. The Balaban J connectivity index is 2.21. The molecule has 0 aliphatic carbocycles. The largest absolute Gasteiger partial charge is 0.507 e. The smallest absolute Gasteiger partial charge is 0.200 e. The summed E-state index contributed by atoms with van der Waals surface area (Å²) >= 11 is 0. The minimum absolute atomic E-state index is 0.00168. The summed E-state index contributed by atoms with van der Waals surface area (Å²) in [5, 5.41) is 21.2. The van der Waals surface area contributed by atoms with Gasteiger partial charge in [-0.2, -0.15) is 0 Å². The minimum atomic E-state index is -0.558. The van der Waals surface area contributed by atoms with Crippen LogP contribution in [0.1, 0.15) is 37.4 Å². The number of phenols is 2. The molecule has 0 atom stereocenters. The average Bonchev–Trinajstić information content (AvgIpc) is 2.69. The second kappa shape index (κ2) is 7.70. The normalized spacial score (nSPS) is 10.4. The zero-order valence-electron chi connectivity index (χ0n) is 14.6. The van der Waals surface area contributed by atoms with Crippen LogP contribution < -0.4 is 0 Å². The molecule has 0 amide bonds. The molecule has 0 aliphatic rings. The van der Waals surface area contributed by atoms with Gasteiger partial charge >= 0.3 is 0 Å². The molecule has 0 heterocycles. The van der Waals surface area contributed by atoms with E-state index in [0.717, 1.165) is 0 Å². The maximum Gasteiger partial charge on any atom is 0.200 e. The highest BCUT2D eigenvalue weighted by atomic mass is 16.3. The summed E-state index contributed by atoms with van der Waals surface area (Å²) < 4.78 is 0. The van der Waals surface area contributed by atoms with Crippen LogP contribution in [0.15, 0.2) is 79.4 Å². The lowest BCUT2D eigenvalue weighted by Gasteiger charge is -2.15. The molecule has 0 saturated carbocycles. The fraction of sp³-hybridized carbons (Fsp3) is 0.0435. The van der Waals surface area contributed by atoms with Crippen LogP contribution in [0.2, 0.25) is 0 Å². The summed E-state index contributed by atoms with van der Waals surface area (Å²) in [4.78, 5) is 25.8. The van der Waals surface area contributed by atoms with Gasteiger partial charge in [0.25, 0.3) is 0 Å². The van der Waals surface area contributed by atoms with Crippen LogP contribution in [-0.2, 0) is 6.42 Å². The molecule has 0 bridgehead atoms. The Hall–Kier alpha value is -3.66. The van der Waals surface area contributed by atoms with Crippen molar-refractivity contribution >= 4 is 11.6 Å². The van der Waals surface area contributed by atoms with Crippen molar-refractivity contribution in [3.63, 3.8) is 0 Å². The van der Waals surface area contributed by atoms with Crippen molar-refractivity contribution in [3.05, 3.63) is 107 Å². The molecule has 3 aromatic carbocycles. The maximum absolute atomic E-state index is 13.0. The molecule has 4 nitrogen and oxygen atoms in total. The molecule has 2 N–H and O–H groups in total. The zero-order chi connectivity index (χ0) is 19.4. The first-order valence-corrected chi connectivity index (χ1v) is 8.42. The number of hydrogen-bond donors (Lipinski definition) is 2. The monoisotopic (exact) mass is 358 g/mol. The van der Waals surface area contributed by atoms with E-state index in [-0.39, 0.29) is 23.3 Å². The van der Waals surface area contributed by atoms with Crippen molar-refractivity contribution < 1.29 is 19.8 Å². The molecule has 0 unspecified atom stereocenters. The number of carbonyl (C=O) groups excluding carboxylic acids is 2. The van der Waals surface area contributed by atoms with Gasteiger partial charge in [0.2, 0.25) is 5.78 Å². The van der Waals surface area contributed by atoms with Crippen molar-refractivity contribution in [2.45, 2.75) is 6.42 Å². The summed E-state index contributed by atoms with van der Waals surface area (Å²) in [6, 6.07) is 18.1. The molecule has 134 valence electrons. The van der Waals surface area contributed by atoms with Crippen LogP contribution in [0, 0.1) is 0 Å². The van der Waals surface area contributed by atoms with Gasteiger partial charge in [0.05, 0.1) is 5.56 Å². The number of aromatic hydroxyl groups is 2. The van der Waals surface area contributed by atoms with Crippen LogP contribution in [0.5, 0.6) is 11.5 Å². The standard InChI is InChI=1S/C23H18O4/c1-2-9-17-14-18(24)20(22(26)16-12-7-4-8-13-16)23(27)19(17)21(25)15-10-5-3-6-11-15/h2-8,10-14,24,27H,1,9H2. The predicted octanol–water partition coefficient (Wildman–Crippen LogP) is 4.29. The number of benzene rings is 3. The topological polar surface area (TPSA) is 74.6 Å². The number of ketones is 2. The summed E-state index contributed by atoms with van der Waals surface area (Å²) in [6.45, 7) is 3.65. The Morgan fingerprint density at radius 2 is 1.30 bits per heavy atom. The first-order chi connectivity index (χ1) is 13.0. The van der Waals surface area contributed by atoms with Crippen molar-refractivity contribution in [2.75, 3.05) is 0 Å². The van der Waals surface area contributed by atoms with Gasteiger partial charge in [-0.15, -0.1) is 6.58 Å². The van der Waals surface area contributed by atoms with E-state index in [9.17, 15) is 19.8 Å². The second-order valence-corrected chi connectivity index (χ2v) is 6.04. The molecule has 0 aromatic heterocycles. The Bertz CT molecular complexity index is 1010. The van der Waals surface area contributed by atoms with E-state index in [1.54, 1.807) is 66.7 Å². The molecule has 0 fully saturated rings. The summed E-state index contributed by atoms with van der Waals surface area (Å²) in [5.74, 6) is -1.87. The maximum atomic E-state index is 13.0. The number of phenolic OH excluding ortho intramolecular Hbond substituents is 2. The van der Waals surface area contributed by atoms with Crippen molar-refractivity contribution in [1.82, 2.24) is 0 Å². The first-order valence-electron chi connectivity index (χ1n) is 8.42. The Labute approximate surface area is 157 Å². The van der Waals surface area contributed by atoms with Crippen LogP contribution in [-0.4, -0.2) is 21.8 Å². The van der Waals surface area contributed by atoms with E-state index < -0.39 is 17.3 Å². The molecular formula is C23H18O4. The van der Waals surface area contributed by atoms with E-state index in [1.807, 2.05) is 0 Å². The summed E-state index contributed by atoms with van der Waals surface area (Å²) in [5.41, 5.74) is 0.796. The predicted molar refractivity (Wildman–Crippen MR) is 103 cm³/mol. The fourth-order valence-corrected chi connectivity index (χ4v) is 2.97. The second-order valence-electron chi connectivity index (χ2n) is 6.04. The molecule has 27 heavy (non-hydrogen) atoms. The van der Waals surface area contributed by atoms with Gasteiger partial charge in [0, 0.05) is 11.1 Å². The number of hydrogen-bond acceptors (Lipinski definition) is 4. The molecule has 4 heteroatoms. The highest BCUT2D eigenvalue weighted by molar-refractivity contribution is 6.18. The van der Waals surface area contributed by atoms with Gasteiger partial charge in [0.1, 0.15) is 17.1 Å². The lowest BCUT2D eigenvalue weighted by molar-refractivity contribution is 0.103. The lowest BCUT2D eigenvalue weighted by atomic mass is 9.90. The third kappa shape index (κ3) is 3.51. The highest BCUT2D eigenvalue weighted by Gasteiger charge is 2.27. The Morgan fingerprint density at radius 3 is 1.78 bits per heavy atom. The fourth-order valence-electron chi connectivity index (χ4n) is 2.97. The molecular weight excluding hydrogens is 340 g/mol. The molecule has 0 aliphatic heterocycles. The van der Waals surface area contributed by atoms with Crippen LogP contribution in [0.4, 0.5) is 0 Å². The average molecular weight is 358 g/mol.